The topological polar surface area (TPSA) is 39.3 Å². The largest absolute Gasteiger partial charge is 0.350 e. The van der Waals surface area contributed by atoms with Gasteiger partial charge in [-0.25, -0.2) is 9.48 Å². The van der Waals surface area contributed by atoms with Crippen LogP contribution < -0.4 is 5.69 Å². The number of hydrogen-bond donors (Lipinski definition) is 0. The molecule has 13 heavy (non-hydrogen) atoms. The summed E-state index contributed by atoms with van der Waals surface area (Å²) < 4.78 is 2.90. The summed E-state index contributed by atoms with van der Waals surface area (Å²) in [4.78, 5) is 11.5. The van der Waals surface area contributed by atoms with Crippen molar-refractivity contribution in [3.8, 4) is 0 Å². The quantitative estimate of drug-likeness (QED) is 0.592. The summed E-state index contributed by atoms with van der Waals surface area (Å²) in [7, 11) is 1.65. The summed E-state index contributed by atoms with van der Waals surface area (Å²) in [6.07, 6.45) is 1.82. The van der Waals surface area contributed by atoms with Gasteiger partial charge in [-0.2, -0.15) is 5.10 Å². The van der Waals surface area contributed by atoms with E-state index in [1.165, 1.54) is 4.68 Å². The molecule has 68 valence electrons. The molecule has 0 bridgehead atoms. The molecule has 0 spiro atoms. The number of aryl methyl sites for hydroxylation is 3. The molecule has 2 aromatic heterocycles. The summed E-state index contributed by atoms with van der Waals surface area (Å²) in [5.41, 5.74) is 2.86. The number of aromatic nitrogens is 3. The zero-order valence-corrected chi connectivity index (χ0v) is 7.90. The highest BCUT2D eigenvalue weighted by Crippen LogP contribution is 2.07. The highest BCUT2D eigenvalue weighted by atomic mass is 16.2. The van der Waals surface area contributed by atoms with Gasteiger partial charge >= 0.3 is 5.69 Å². The van der Waals surface area contributed by atoms with Crippen molar-refractivity contribution in [3.63, 3.8) is 0 Å². The van der Waals surface area contributed by atoms with Crippen LogP contribution in [-0.4, -0.2) is 14.2 Å². The minimum absolute atomic E-state index is 0.0990. The van der Waals surface area contributed by atoms with E-state index in [4.69, 9.17) is 0 Å². The SMILES string of the molecule is Cc1cc2nn(C)c(=O)n2cc1C. The molecule has 0 fully saturated rings. The van der Waals surface area contributed by atoms with Gasteiger partial charge in [0.05, 0.1) is 0 Å². The van der Waals surface area contributed by atoms with Gasteiger partial charge in [0.15, 0.2) is 5.65 Å². The fourth-order valence-corrected chi connectivity index (χ4v) is 1.32. The second-order valence-corrected chi connectivity index (χ2v) is 3.27. The lowest BCUT2D eigenvalue weighted by molar-refractivity contribution is 0.732. The van der Waals surface area contributed by atoms with Crippen molar-refractivity contribution in [2.24, 2.45) is 7.05 Å². The predicted molar refractivity (Wildman–Crippen MR) is 49.9 cm³/mol. The van der Waals surface area contributed by atoms with E-state index in [0.717, 1.165) is 11.1 Å². The van der Waals surface area contributed by atoms with Gasteiger partial charge in [-0.3, -0.25) is 4.40 Å². The van der Waals surface area contributed by atoms with Crippen LogP contribution in [-0.2, 0) is 7.05 Å². The van der Waals surface area contributed by atoms with Crippen molar-refractivity contribution in [3.05, 3.63) is 33.9 Å². The Hall–Kier alpha value is -1.58. The Morgan fingerprint density at radius 1 is 1.31 bits per heavy atom. The van der Waals surface area contributed by atoms with Gasteiger partial charge in [-0.1, -0.05) is 0 Å². The van der Waals surface area contributed by atoms with E-state index >= 15 is 0 Å². The van der Waals surface area contributed by atoms with Crippen LogP contribution in [0.25, 0.3) is 5.65 Å². The number of pyridine rings is 1. The van der Waals surface area contributed by atoms with Gasteiger partial charge < -0.3 is 0 Å². The highest BCUT2D eigenvalue weighted by Gasteiger charge is 2.04. The van der Waals surface area contributed by atoms with Gasteiger partial charge in [0.2, 0.25) is 0 Å². The van der Waals surface area contributed by atoms with E-state index in [1.807, 2.05) is 26.1 Å². The highest BCUT2D eigenvalue weighted by molar-refractivity contribution is 5.42. The number of rotatable bonds is 0. The van der Waals surface area contributed by atoms with Gasteiger partial charge in [0.1, 0.15) is 0 Å². The van der Waals surface area contributed by atoms with Crippen molar-refractivity contribution < 1.29 is 0 Å². The fraction of sp³-hybridized carbons (Fsp3) is 0.333. The van der Waals surface area contributed by atoms with Gasteiger partial charge in [-0.15, -0.1) is 0 Å². The Labute approximate surface area is 75.4 Å². The molecule has 0 aliphatic rings. The van der Waals surface area contributed by atoms with E-state index in [-0.39, 0.29) is 5.69 Å². The van der Waals surface area contributed by atoms with Crippen molar-refractivity contribution >= 4 is 5.65 Å². The molecular formula is C9H11N3O. The molecule has 0 aliphatic heterocycles. The first-order valence-corrected chi connectivity index (χ1v) is 4.12. The smallest absolute Gasteiger partial charge is 0.250 e. The van der Waals surface area contributed by atoms with Crippen LogP contribution in [0.5, 0.6) is 0 Å². The maximum Gasteiger partial charge on any atom is 0.350 e. The first-order valence-electron chi connectivity index (χ1n) is 4.12. The van der Waals surface area contributed by atoms with Crippen LogP contribution in [0.4, 0.5) is 0 Å². The number of hydrogen-bond acceptors (Lipinski definition) is 2. The van der Waals surface area contributed by atoms with E-state index in [1.54, 1.807) is 11.4 Å². The van der Waals surface area contributed by atoms with Crippen LogP contribution in [0, 0.1) is 13.8 Å². The molecular weight excluding hydrogens is 166 g/mol. The lowest BCUT2D eigenvalue weighted by Gasteiger charge is -1.98. The molecule has 0 unspecified atom stereocenters. The number of fused-ring (bicyclic) bond motifs is 1. The van der Waals surface area contributed by atoms with Crippen LogP contribution in [0.1, 0.15) is 11.1 Å². The Bertz CT molecular complexity index is 521. The fourth-order valence-electron chi connectivity index (χ4n) is 1.32. The van der Waals surface area contributed by atoms with Gasteiger partial charge in [-0.05, 0) is 31.0 Å². The maximum absolute atomic E-state index is 11.5. The van der Waals surface area contributed by atoms with Gasteiger partial charge in [0.25, 0.3) is 0 Å². The molecule has 0 atom stereocenters. The molecule has 2 aromatic rings. The second-order valence-electron chi connectivity index (χ2n) is 3.27. The van der Waals surface area contributed by atoms with E-state index < -0.39 is 0 Å². The third-order valence-electron chi connectivity index (χ3n) is 2.27. The molecule has 2 heterocycles. The van der Waals surface area contributed by atoms with Gasteiger partial charge in [0, 0.05) is 13.2 Å². The Morgan fingerprint density at radius 3 is 2.69 bits per heavy atom. The minimum Gasteiger partial charge on any atom is -0.250 e. The van der Waals surface area contributed by atoms with E-state index in [0.29, 0.717) is 5.65 Å². The minimum atomic E-state index is -0.0990. The van der Waals surface area contributed by atoms with Crippen LogP contribution in [0.15, 0.2) is 17.1 Å². The molecule has 0 aromatic carbocycles. The summed E-state index contributed by atoms with van der Waals surface area (Å²) >= 11 is 0. The van der Waals surface area contributed by atoms with Crippen LogP contribution >= 0.6 is 0 Å². The number of nitrogens with zero attached hydrogens (tertiary/aromatic N) is 3. The average molecular weight is 177 g/mol. The molecule has 0 N–H and O–H groups in total. The second kappa shape index (κ2) is 2.45. The van der Waals surface area contributed by atoms with Crippen molar-refractivity contribution in [2.45, 2.75) is 13.8 Å². The average Bonchev–Trinajstić information content (AvgIpc) is 2.32. The van der Waals surface area contributed by atoms with E-state index in [2.05, 4.69) is 5.10 Å². The Morgan fingerprint density at radius 2 is 2.00 bits per heavy atom. The lowest BCUT2D eigenvalue weighted by atomic mass is 10.2. The van der Waals surface area contributed by atoms with Crippen molar-refractivity contribution in [2.75, 3.05) is 0 Å². The van der Waals surface area contributed by atoms with Crippen LogP contribution in [0.2, 0.25) is 0 Å². The van der Waals surface area contributed by atoms with Crippen molar-refractivity contribution in [1.82, 2.24) is 14.2 Å². The monoisotopic (exact) mass is 177 g/mol. The predicted octanol–water partition coefficient (Wildman–Crippen LogP) is 0.650. The Balaban J connectivity index is 2.97. The molecule has 0 saturated carbocycles. The molecule has 2 rings (SSSR count). The lowest BCUT2D eigenvalue weighted by Crippen LogP contribution is -2.17. The summed E-state index contributed by atoms with van der Waals surface area (Å²) in [5, 5.41) is 4.08. The molecule has 0 amide bonds. The standard InChI is InChI=1S/C9H11N3O/c1-6-4-8-10-11(3)9(13)12(8)5-7(6)2/h4-5H,1-3H3. The van der Waals surface area contributed by atoms with Crippen molar-refractivity contribution in [1.29, 1.82) is 0 Å². The summed E-state index contributed by atoms with van der Waals surface area (Å²) in [6.45, 7) is 3.99. The third kappa shape index (κ3) is 1.06. The summed E-state index contributed by atoms with van der Waals surface area (Å²) in [5.74, 6) is 0. The third-order valence-corrected chi connectivity index (χ3v) is 2.27. The maximum atomic E-state index is 11.5. The normalized spacial score (nSPS) is 11.0. The molecule has 4 heteroatoms. The molecule has 0 saturated heterocycles. The molecule has 0 radical (unpaired) electrons. The van der Waals surface area contributed by atoms with E-state index in [9.17, 15) is 4.79 Å². The Kier molecular flexibility index (Phi) is 1.52. The molecule has 0 aliphatic carbocycles. The first-order chi connectivity index (χ1) is 6.09. The molecule has 4 nitrogen and oxygen atoms in total. The zero-order chi connectivity index (χ0) is 9.59. The van der Waals surface area contributed by atoms with Crippen LogP contribution in [0.3, 0.4) is 0 Å². The summed E-state index contributed by atoms with van der Waals surface area (Å²) in [6, 6.07) is 1.91. The first kappa shape index (κ1) is 8.04. The zero-order valence-electron chi connectivity index (χ0n) is 7.90.